The summed E-state index contributed by atoms with van der Waals surface area (Å²) in [5, 5.41) is 7.71. The molecule has 1 N–H and O–H groups in total. The van der Waals surface area contributed by atoms with Gasteiger partial charge < -0.3 is 10.1 Å². The number of nitrogens with one attached hydrogen (secondary N) is 1. The summed E-state index contributed by atoms with van der Waals surface area (Å²) >= 11 is 0. The molecule has 0 saturated carbocycles. The predicted octanol–water partition coefficient (Wildman–Crippen LogP) is 4.32. The van der Waals surface area contributed by atoms with Crippen LogP contribution in [-0.4, -0.2) is 16.9 Å². The Bertz CT molecular complexity index is 908. The normalized spacial score (nSPS) is 12.2. The van der Waals surface area contributed by atoms with Crippen LogP contribution in [0, 0.1) is 18.6 Å². The van der Waals surface area contributed by atoms with Gasteiger partial charge in [0, 0.05) is 29.9 Å². The molecule has 0 aliphatic carbocycles. The van der Waals surface area contributed by atoms with Crippen LogP contribution < -0.4 is 10.1 Å². The third-order valence-corrected chi connectivity index (χ3v) is 4.40. The van der Waals surface area contributed by atoms with Gasteiger partial charge in [-0.3, -0.25) is 0 Å². The van der Waals surface area contributed by atoms with Crippen LogP contribution in [-0.2, 0) is 6.54 Å². The number of hydrogen-bond acceptors (Lipinski definition) is 3. The van der Waals surface area contributed by atoms with Crippen molar-refractivity contribution in [2.45, 2.75) is 26.4 Å². The van der Waals surface area contributed by atoms with Crippen molar-refractivity contribution in [1.29, 1.82) is 0 Å². The maximum Gasteiger partial charge on any atom is 0.151 e. The molecule has 0 fully saturated rings. The third kappa shape index (κ3) is 3.75. The number of rotatable bonds is 6. The van der Waals surface area contributed by atoms with Gasteiger partial charge in [0.1, 0.15) is 17.3 Å². The van der Waals surface area contributed by atoms with Gasteiger partial charge in [-0.05, 0) is 43.7 Å². The lowest BCUT2D eigenvalue weighted by molar-refractivity contribution is 0.414. The summed E-state index contributed by atoms with van der Waals surface area (Å²) in [5.41, 5.74) is 3.10. The summed E-state index contributed by atoms with van der Waals surface area (Å²) in [5.74, 6) is -0.433. The Morgan fingerprint density at radius 3 is 2.73 bits per heavy atom. The lowest BCUT2D eigenvalue weighted by Gasteiger charge is -2.15. The molecule has 0 aliphatic rings. The molecule has 0 aliphatic heterocycles. The smallest absolute Gasteiger partial charge is 0.151 e. The second kappa shape index (κ2) is 7.66. The van der Waals surface area contributed by atoms with Crippen molar-refractivity contribution >= 4 is 0 Å². The van der Waals surface area contributed by atoms with Gasteiger partial charge >= 0.3 is 0 Å². The first-order chi connectivity index (χ1) is 12.5. The molecule has 4 nitrogen and oxygen atoms in total. The molecule has 0 bridgehead atoms. The van der Waals surface area contributed by atoms with Gasteiger partial charge in [-0.2, -0.15) is 5.10 Å². The van der Waals surface area contributed by atoms with Gasteiger partial charge in [-0.15, -0.1) is 0 Å². The average molecular weight is 357 g/mol. The van der Waals surface area contributed by atoms with Crippen molar-refractivity contribution in [2.75, 3.05) is 7.11 Å². The first kappa shape index (κ1) is 18.1. The van der Waals surface area contributed by atoms with Crippen LogP contribution in [0.1, 0.15) is 29.8 Å². The Morgan fingerprint density at radius 1 is 1.19 bits per heavy atom. The fourth-order valence-corrected chi connectivity index (χ4v) is 2.91. The minimum Gasteiger partial charge on any atom is -0.497 e. The second-order valence-electron chi connectivity index (χ2n) is 6.15. The Balaban J connectivity index is 1.76. The largest absolute Gasteiger partial charge is 0.497 e. The van der Waals surface area contributed by atoms with E-state index in [2.05, 4.69) is 10.4 Å². The summed E-state index contributed by atoms with van der Waals surface area (Å²) in [6.07, 6.45) is 1.71. The van der Waals surface area contributed by atoms with E-state index in [1.807, 2.05) is 38.1 Å². The van der Waals surface area contributed by atoms with Gasteiger partial charge in [0.2, 0.25) is 0 Å². The molecule has 1 heterocycles. The lowest BCUT2D eigenvalue weighted by Crippen LogP contribution is -2.18. The molecule has 0 amide bonds. The minimum absolute atomic E-state index is 0.0125. The summed E-state index contributed by atoms with van der Waals surface area (Å²) < 4.78 is 33.9. The molecule has 1 aromatic heterocycles. The molecule has 0 saturated heterocycles. The first-order valence-corrected chi connectivity index (χ1v) is 8.36. The zero-order valence-electron chi connectivity index (χ0n) is 15.0. The van der Waals surface area contributed by atoms with Crippen molar-refractivity contribution in [2.24, 2.45) is 0 Å². The molecule has 26 heavy (non-hydrogen) atoms. The highest BCUT2D eigenvalue weighted by atomic mass is 19.1. The molecular formula is C20H21F2N3O. The highest BCUT2D eigenvalue weighted by molar-refractivity contribution is 5.37. The number of nitrogens with zero attached hydrogens (tertiary/aromatic N) is 2. The van der Waals surface area contributed by atoms with E-state index in [1.54, 1.807) is 13.3 Å². The van der Waals surface area contributed by atoms with Gasteiger partial charge in [0.05, 0.1) is 13.3 Å². The van der Waals surface area contributed by atoms with E-state index < -0.39 is 11.6 Å². The number of ether oxygens (including phenoxy) is 1. The first-order valence-electron chi connectivity index (χ1n) is 8.36. The maximum atomic E-state index is 14.0. The number of benzene rings is 2. The van der Waals surface area contributed by atoms with E-state index in [1.165, 1.54) is 16.8 Å². The zero-order chi connectivity index (χ0) is 18.7. The minimum atomic E-state index is -0.639. The van der Waals surface area contributed by atoms with E-state index >= 15 is 0 Å². The lowest BCUT2D eigenvalue weighted by atomic mass is 10.1. The Labute approximate surface area is 151 Å². The standard InChI is InChI=1S/C20H21F2N3O/c1-13(23-11-15-5-4-6-17(9-15)26-3)18-12-24-25(14(18)2)20-8-7-16(21)10-19(20)22/h4-10,12-13,23H,11H2,1-3H3. The summed E-state index contributed by atoms with van der Waals surface area (Å²) in [4.78, 5) is 0. The van der Waals surface area contributed by atoms with Crippen LogP contribution in [0.4, 0.5) is 8.78 Å². The molecule has 2 aromatic carbocycles. The third-order valence-electron chi connectivity index (χ3n) is 4.40. The highest BCUT2D eigenvalue weighted by Crippen LogP contribution is 2.23. The number of hydrogen-bond donors (Lipinski definition) is 1. The number of halogens is 2. The van der Waals surface area contributed by atoms with E-state index in [4.69, 9.17) is 4.74 Å². The van der Waals surface area contributed by atoms with Crippen molar-refractivity contribution in [3.63, 3.8) is 0 Å². The van der Waals surface area contributed by atoms with E-state index in [9.17, 15) is 8.78 Å². The Hall–Kier alpha value is -2.73. The summed E-state index contributed by atoms with van der Waals surface area (Å²) in [6.45, 7) is 4.55. The van der Waals surface area contributed by atoms with Crippen LogP contribution in [0.2, 0.25) is 0 Å². The summed E-state index contributed by atoms with van der Waals surface area (Å²) in [7, 11) is 1.64. The SMILES string of the molecule is COc1cccc(CNC(C)c2cnn(-c3ccc(F)cc3F)c2C)c1. The zero-order valence-corrected chi connectivity index (χ0v) is 15.0. The summed E-state index contributed by atoms with van der Waals surface area (Å²) in [6, 6.07) is 11.3. The number of methoxy groups -OCH3 is 1. The Morgan fingerprint density at radius 2 is 2.00 bits per heavy atom. The molecular weight excluding hydrogens is 336 g/mol. The van der Waals surface area contributed by atoms with Gasteiger partial charge in [0.25, 0.3) is 0 Å². The molecule has 0 radical (unpaired) electrons. The second-order valence-corrected chi connectivity index (χ2v) is 6.15. The molecule has 1 atom stereocenters. The Kier molecular flexibility index (Phi) is 5.32. The van der Waals surface area contributed by atoms with E-state index in [-0.39, 0.29) is 11.7 Å². The van der Waals surface area contributed by atoms with Crippen molar-refractivity contribution in [3.05, 3.63) is 77.1 Å². The van der Waals surface area contributed by atoms with Crippen molar-refractivity contribution in [1.82, 2.24) is 15.1 Å². The molecule has 3 aromatic rings. The van der Waals surface area contributed by atoms with Crippen LogP contribution in [0.25, 0.3) is 5.69 Å². The quantitative estimate of drug-likeness (QED) is 0.714. The van der Waals surface area contributed by atoms with Crippen LogP contribution in [0.3, 0.4) is 0 Å². The number of aromatic nitrogens is 2. The van der Waals surface area contributed by atoms with E-state index in [0.29, 0.717) is 6.54 Å². The van der Waals surface area contributed by atoms with Crippen LogP contribution >= 0.6 is 0 Å². The molecule has 0 spiro atoms. The van der Waals surface area contributed by atoms with E-state index in [0.717, 1.165) is 28.6 Å². The maximum absolute atomic E-state index is 14.0. The van der Waals surface area contributed by atoms with Crippen LogP contribution in [0.15, 0.2) is 48.7 Å². The fourth-order valence-electron chi connectivity index (χ4n) is 2.91. The van der Waals surface area contributed by atoms with Crippen molar-refractivity contribution < 1.29 is 13.5 Å². The predicted molar refractivity (Wildman–Crippen MR) is 96.5 cm³/mol. The topological polar surface area (TPSA) is 39.1 Å². The van der Waals surface area contributed by atoms with Crippen molar-refractivity contribution in [3.8, 4) is 11.4 Å². The van der Waals surface area contributed by atoms with Gasteiger partial charge in [0.15, 0.2) is 5.82 Å². The highest BCUT2D eigenvalue weighted by Gasteiger charge is 2.16. The molecule has 1 unspecified atom stereocenters. The fraction of sp³-hybridized carbons (Fsp3) is 0.250. The van der Waals surface area contributed by atoms with Gasteiger partial charge in [-0.1, -0.05) is 12.1 Å². The van der Waals surface area contributed by atoms with Gasteiger partial charge in [-0.25, -0.2) is 13.5 Å². The monoisotopic (exact) mass is 357 g/mol. The molecule has 3 rings (SSSR count). The molecule has 136 valence electrons. The average Bonchev–Trinajstić information content (AvgIpc) is 3.01. The molecule has 6 heteroatoms. The van der Waals surface area contributed by atoms with Crippen LogP contribution in [0.5, 0.6) is 5.75 Å².